The van der Waals surface area contributed by atoms with Crippen molar-refractivity contribution in [2.45, 2.75) is 39.0 Å². The van der Waals surface area contributed by atoms with Crippen molar-refractivity contribution in [3.63, 3.8) is 0 Å². The van der Waals surface area contributed by atoms with Crippen LogP contribution in [-0.2, 0) is 11.2 Å². The summed E-state index contributed by atoms with van der Waals surface area (Å²) in [6.45, 7) is 5.77. The van der Waals surface area contributed by atoms with Crippen LogP contribution < -0.4 is 11.1 Å². The van der Waals surface area contributed by atoms with Crippen LogP contribution in [-0.4, -0.2) is 46.8 Å². The van der Waals surface area contributed by atoms with Crippen LogP contribution >= 0.6 is 0 Å². The number of piperidine rings is 1. The highest BCUT2D eigenvalue weighted by Crippen LogP contribution is 2.22. The van der Waals surface area contributed by atoms with Crippen molar-refractivity contribution in [2.75, 3.05) is 31.9 Å². The lowest BCUT2D eigenvalue weighted by atomic mass is 9.96. The number of nitrogen functional groups attached to an aromatic ring is 1. The Hall–Kier alpha value is -2.92. The quantitative estimate of drug-likeness (QED) is 0.649. The van der Waals surface area contributed by atoms with E-state index in [4.69, 9.17) is 5.73 Å². The summed E-state index contributed by atoms with van der Waals surface area (Å²) in [5.41, 5.74) is 7.59. The summed E-state index contributed by atoms with van der Waals surface area (Å²) in [5, 5.41) is 16.9. The third-order valence-electron chi connectivity index (χ3n) is 5.56. The van der Waals surface area contributed by atoms with Gasteiger partial charge >= 0.3 is 0 Å². The summed E-state index contributed by atoms with van der Waals surface area (Å²) in [6.07, 6.45) is 4.14. The van der Waals surface area contributed by atoms with Gasteiger partial charge in [0, 0.05) is 12.5 Å². The Labute approximate surface area is 176 Å². The molecule has 3 rings (SSSR count). The van der Waals surface area contributed by atoms with E-state index in [1.165, 1.54) is 16.8 Å². The summed E-state index contributed by atoms with van der Waals surface area (Å²) in [5.74, 6) is 0.0862. The second-order valence-electron chi connectivity index (χ2n) is 7.72. The number of anilines is 1. The number of nitrogens with zero attached hydrogens (tertiary/aromatic N) is 4. The fraction of sp³-hybridized carbons (Fsp3) is 0.500. The SMILES string of the molecule is CCCN1CCC(C(=O)NCCCc2nn(-c3ccc(F)cc3)c(N)c2C#N)CC1. The minimum absolute atomic E-state index is 0.0844. The van der Waals surface area contributed by atoms with Gasteiger partial charge in [-0.2, -0.15) is 10.4 Å². The number of aryl methyl sites for hydroxylation is 1. The molecular formula is C22H29FN6O. The van der Waals surface area contributed by atoms with Crippen LogP contribution in [0.2, 0.25) is 0 Å². The first-order chi connectivity index (χ1) is 14.5. The smallest absolute Gasteiger partial charge is 0.223 e. The minimum atomic E-state index is -0.350. The van der Waals surface area contributed by atoms with Crippen LogP contribution in [0.5, 0.6) is 0 Å². The van der Waals surface area contributed by atoms with E-state index >= 15 is 0 Å². The maximum absolute atomic E-state index is 13.2. The fourth-order valence-electron chi connectivity index (χ4n) is 3.90. The van der Waals surface area contributed by atoms with Crippen molar-refractivity contribution in [3.05, 3.63) is 41.3 Å². The molecule has 1 amide bonds. The average Bonchev–Trinajstić information content (AvgIpc) is 3.07. The van der Waals surface area contributed by atoms with Crippen LogP contribution in [0.25, 0.3) is 5.69 Å². The van der Waals surface area contributed by atoms with Gasteiger partial charge in [-0.15, -0.1) is 0 Å². The van der Waals surface area contributed by atoms with Crippen molar-refractivity contribution < 1.29 is 9.18 Å². The first kappa shape index (κ1) is 21.8. The number of nitrogens with one attached hydrogen (secondary N) is 1. The Balaban J connectivity index is 1.51. The van der Waals surface area contributed by atoms with Crippen molar-refractivity contribution in [3.8, 4) is 11.8 Å². The highest BCUT2D eigenvalue weighted by atomic mass is 19.1. The number of likely N-dealkylation sites (tertiary alicyclic amines) is 1. The molecule has 0 radical (unpaired) electrons. The summed E-state index contributed by atoms with van der Waals surface area (Å²) >= 11 is 0. The molecule has 0 unspecified atom stereocenters. The van der Waals surface area contributed by atoms with E-state index in [0.717, 1.165) is 38.9 Å². The topological polar surface area (TPSA) is 100.0 Å². The summed E-state index contributed by atoms with van der Waals surface area (Å²) in [7, 11) is 0. The molecule has 3 N–H and O–H groups in total. The third-order valence-corrected chi connectivity index (χ3v) is 5.56. The fourth-order valence-corrected chi connectivity index (χ4v) is 3.90. The first-order valence-electron chi connectivity index (χ1n) is 10.6. The number of rotatable bonds is 8. The molecule has 30 heavy (non-hydrogen) atoms. The van der Waals surface area contributed by atoms with Crippen LogP contribution in [0.15, 0.2) is 24.3 Å². The van der Waals surface area contributed by atoms with Gasteiger partial charge in [0.05, 0.1) is 11.4 Å². The van der Waals surface area contributed by atoms with Gasteiger partial charge in [-0.05, 0) is 76.0 Å². The molecule has 7 nitrogen and oxygen atoms in total. The number of carbonyl (C=O) groups is 1. The summed E-state index contributed by atoms with van der Waals surface area (Å²) < 4.78 is 14.6. The standard InChI is InChI=1S/C22H29FN6O/c1-2-12-28-13-9-16(10-14-28)22(30)26-11-3-4-20-19(15-24)21(25)29(27-20)18-7-5-17(23)6-8-18/h5-8,16H,2-4,9-14,25H2,1H3,(H,26,30). The predicted octanol–water partition coefficient (Wildman–Crippen LogP) is 2.64. The van der Waals surface area contributed by atoms with Gasteiger partial charge in [-0.3, -0.25) is 4.79 Å². The lowest BCUT2D eigenvalue weighted by molar-refractivity contribution is -0.126. The highest BCUT2D eigenvalue weighted by Gasteiger charge is 2.24. The maximum Gasteiger partial charge on any atom is 0.223 e. The zero-order valence-corrected chi connectivity index (χ0v) is 17.4. The van der Waals surface area contributed by atoms with E-state index in [9.17, 15) is 14.4 Å². The molecule has 1 aliphatic heterocycles. The molecule has 0 saturated carbocycles. The van der Waals surface area contributed by atoms with Crippen LogP contribution in [0.4, 0.5) is 10.2 Å². The molecular weight excluding hydrogens is 383 g/mol. The van der Waals surface area contributed by atoms with Gasteiger partial charge in [0.1, 0.15) is 23.3 Å². The van der Waals surface area contributed by atoms with Crippen molar-refractivity contribution >= 4 is 11.7 Å². The molecule has 1 aromatic heterocycles. The molecule has 160 valence electrons. The number of nitriles is 1. The number of carbonyl (C=O) groups excluding carboxylic acids is 1. The van der Waals surface area contributed by atoms with Crippen LogP contribution in [0.1, 0.15) is 43.9 Å². The zero-order valence-electron chi connectivity index (χ0n) is 17.4. The lowest BCUT2D eigenvalue weighted by Crippen LogP contribution is -2.41. The van der Waals surface area contributed by atoms with Gasteiger partial charge in [0.25, 0.3) is 0 Å². The second-order valence-corrected chi connectivity index (χ2v) is 7.72. The minimum Gasteiger partial charge on any atom is -0.382 e. The Morgan fingerprint density at radius 2 is 2.03 bits per heavy atom. The Morgan fingerprint density at radius 3 is 2.67 bits per heavy atom. The number of halogens is 1. The molecule has 0 bridgehead atoms. The van der Waals surface area contributed by atoms with E-state index in [-0.39, 0.29) is 23.5 Å². The highest BCUT2D eigenvalue weighted by molar-refractivity contribution is 5.78. The number of nitrogens with two attached hydrogens (primary N) is 1. The normalized spacial score (nSPS) is 15.1. The van der Waals surface area contributed by atoms with E-state index in [0.29, 0.717) is 36.3 Å². The van der Waals surface area contributed by atoms with Crippen molar-refractivity contribution in [1.82, 2.24) is 20.0 Å². The third kappa shape index (κ3) is 5.16. The molecule has 0 atom stereocenters. The van der Waals surface area contributed by atoms with Gasteiger partial charge in [0.2, 0.25) is 5.91 Å². The number of benzene rings is 1. The molecule has 1 aromatic carbocycles. The molecule has 2 heterocycles. The van der Waals surface area contributed by atoms with E-state index in [2.05, 4.69) is 28.3 Å². The monoisotopic (exact) mass is 412 g/mol. The second kappa shape index (κ2) is 10.2. The van der Waals surface area contributed by atoms with Crippen LogP contribution in [0.3, 0.4) is 0 Å². The average molecular weight is 413 g/mol. The molecule has 0 aliphatic carbocycles. The molecule has 0 spiro atoms. The van der Waals surface area contributed by atoms with E-state index in [1.54, 1.807) is 12.1 Å². The van der Waals surface area contributed by atoms with Gasteiger partial charge in [-0.1, -0.05) is 6.92 Å². The summed E-state index contributed by atoms with van der Waals surface area (Å²) in [6, 6.07) is 7.88. The number of hydrogen-bond donors (Lipinski definition) is 2. The number of aromatic nitrogens is 2. The maximum atomic E-state index is 13.2. The van der Waals surface area contributed by atoms with E-state index in [1.807, 2.05) is 0 Å². The molecule has 1 aliphatic rings. The first-order valence-corrected chi connectivity index (χ1v) is 10.6. The number of hydrogen-bond acceptors (Lipinski definition) is 5. The molecule has 8 heteroatoms. The Bertz CT molecular complexity index is 894. The molecule has 1 saturated heterocycles. The van der Waals surface area contributed by atoms with Gasteiger partial charge in [0.15, 0.2) is 0 Å². The van der Waals surface area contributed by atoms with Gasteiger partial charge in [-0.25, -0.2) is 9.07 Å². The van der Waals surface area contributed by atoms with E-state index < -0.39 is 0 Å². The predicted molar refractivity (Wildman–Crippen MR) is 113 cm³/mol. The summed E-state index contributed by atoms with van der Waals surface area (Å²) in [4.78, 5) is 14.8. The van der Waals surface area contributed by atoms with Crippen molar-refractivity contribution in [2.24, 2.45) is 5.92 Å². The van der Waals surface area contributed by atoms with Crippen LogP contribution in [0, 0.1) is 23.1 Å². The van der Waals surface area contributed by atoms with Crippen molar-refractivity contribution in [1.29, 1.82) is 5.26 Å². The number of amides is 1. The largest absolute Gasteiger partial charge is 0.382 e. The Morgan fingerprint density at radius 1 is 1.33 bits per heavy atom. The molecule has 2 aromatic rings. The van der Waals surface area contributed by atoms with Gasteiger partial charge < -0.3 is 16.0 Å². The molecule has 1 fully saturated rings. The lowest BCUT2D eigenvalue weighted by Gasteiger charge is -2.30. The Kier molecular flexibility index (Phi) is 7.41. The zero-order chi connectivity index (χ0) is 21.5.